The molecule has 0 N–H and O–H groups in total. The number of nitrogens with zero attached hydrogens (tertiary/aromatic N) is 3. The number of aromatic nitrogens is 3. The van der Waals surface area contributed by atoms with Gasteiger partial charge in [-0.1, -0.05) is 39.3 Å². The van der Waals surface area contributed by atoms with Crippen LogP contribution < -0.4 is 0 Å². The van der Waals surface area contributed by atoms with Gasteiger partial charge in [0.25, 0.3) is 0 Å². The quantitative estimate of drug-likeness (QED) is 0.694. The van der Waals surface area contributed by atoms with Gasteiger partial charge in [0.15, 0.2) is 0 Å². The zero-order chi connectivity index (χ0) is 13.9. The molecule has 0 amide bonds. The van der Waals surface area contributed by atoms with E-state index in [1.165, 1.54) is 6.20 Å². The highest BCUT2D eigenvalue weighted by atomic mass is 79.9. The zero-order valence-electron chi connectivity index (χ0n) is 10.4. The monoisotopic (exact) mass is 327 g/mol. The number of benzene rings is 2. The molecule has 0 bridgehead atoms. The Labute approximate surface area is 124 Å². The van der Waals surface area contributed by atoms with Gasteiger partial charge in [-0.05, 0) is 36.4 Å². The third-order valence-electron chi connectivity index (χ3n) is 2.89. The van der Waals surface area contributed by atoms with Crippen molar-refractivity contribution >= 4 is 21.7 Å². The molecule has 3 rings (SSSR count). The summed E-state index contributed by atoms with van der Waals surface area (Å²) in [4.78, 5) is 12.5. The number of carbonyl (C=O) groups is 1. The third kappa shape index (κ3) is 2.40. The predicted octanol–water partition coefficient (Wildman–Crippen LogP) is 3.26. The maximum absolute atomic E-state index is 12.5. The lowest BCUT2D eigenvalue weighted by molar-refractivity contribution is 0.103. The molecular weight excluding hydrogens is 318 g/mol. The van der Waals surface area contributed by atoms with E-state index in [0.717, 1.165) is 10.2 Å². The third-order valence-corrected chi connectivity index (χ3v) is 3.42. The second-order valence-corrected chi connectivity index (χ2v) is 5.12. The minimum absolute atomic E-state index is 0.105. The first-order chi connectivity index (χ1) is 9.75. The van der Waals surface area contributed by atoms with E-state index in [-0.39, 0.29) is 5.78 Å². The van der Waals surface area contributed by atoms with Crippen LogP contribution in [0.3, 0.4) is 0 Å². The van der Waals surface area contributed by atoms with Gasteiger partial charge < -0.3 is 0 Å². The van der Waals surface area contributed by atoms with Crippen molar-refractivity contribution in [3.63, 3.8) is 0 Å². The van der Waals surface area contributed by atoms with Gasteiger partial charge in [0.05, 0.1) is 11.9 Å². The molecule has 98 valence electrons. The topological polar surface area (TPSA) is 47.8 Å². The van der Waals surface area contributed by atoms with Gasteiger partial charge in [0, 0.05) is 10.0 Å². The Morgan fingerprint density at radius 3 is 2.40 bits per heavy atom. The molecule has 4 nitrogen and oxygen atoms in total. The molecule has 0 radical (unpaired) electrons. The first-order valence-electron chi connectivity index (χ1n) is 6.02. The summed E-state index contributed by atoms with van der Waals surface area (Å²) in [5.74, 6) is -0.105. The molecule has 0 saturated carbocycles. The molecule has 3 aromatic rings. The molecule has 1 heterocycles. The van der Waals surface area contributed by atoms with Crippen LogP contribution in [0.1, 0.15) is 16.1 Å². The fourth-order valence-corrected chi connectivity index (χ4v) is 2.16. The van der Waals surface area contributed by atoms with Crippen LogP contribution in [0.5, 0.6) is 0 Å². The number of para-hydroxylation sites is 1. The lowest BCUT2D eigenvalue weighted by Crippen LogP contribution is -2.09. The Morgan fingerprint density at radius 2 is 1.70 bits per heavy atom. The van der Waals surface area contributed by atoms with Crippen LogP contribution in [-0.2, 0) is 0 Å². The maximum atomic E-state index is 12.5. The first-order valence-corrected chi connectivity index (χ1v) is 6.81. The fraction of sp³-hybridized carbons (Fsp3) is 0. The van der Waals surface area contributed by atoms with Crippen LogP contribution in [0.25, 0.3) is 5.69 Å². The summed E-state index contributed by atoms with van der Waals surface area (Å²) in [6, 6.07) is 16.7. The summed E-state index contributed by atoms with van der Waals surface area (Å²) in [6.45, 7) is 0. The Balaban J connectivity index is 2.02. The predicted molar refractivity (Wildman–Crippen MR) is 78.9 cm³/mol. The molecule has 0 aliphatic rings. The van der Waals surface area contributed by atoms with E-state index in [1.807, 2.05) is 42.5 Å². The van der Waals surface area contributed by atoms with E-state index in [2.05, 4.69) is 26.2 Å². The fourth-order valence-electron chi connectivity index (χ4n) is 1.90. The van der Waals surface area contributed by atoms with Gasteiger partial charge in [-0.2, -0.15) is 0 Å². The van der Waals surface area contributed by atoms with Gasteiger partial charge in [-0.15, -0.1) is 5.10 Å². The van der Waals surface area contributed by atoms with Crippen LogP contribution in [0.4, 0.5) is 0 Å². The lowest BCUT2D eigenvalue weighted by atomic mass is 10.1. The van der Waals surface area contributed by atoms with Gasteiger partial charge in [0.1, 0.15) is 5.69 Å². The van der Waals surface area contributed by atoms with Crippen molar-refractivity contribution in [1.82, 2.24) is 15.0 Å². The molecule has 0 atom stereocenters. The number of hydrogen-bond acceptors (Lipinski definition) is 3. The van der Waals surface area contributed by atoms with Crippen molar-refractivity contribution in [2.45, 2.75) is 0 Å². The average Bonchev–Trinajstić information content (AvgIpc) is 2.97. The lowest BCUT2D eigenvalue weighted by Gasteiger charge is -2.05. The molecular formula is C15H10BrN3O. The van der Waals surface area contributed by atoms with Gasteiger partial charge >= 0.3 is 0 Å². The van der Waals surface area contributed by atoms with Crippen molar-refractivity contribution in [1.29, 1.82) is 0 Å². The molecule has 0 unspecified atom stereocenters. The molecule has 2 aromatic carbocycles. The van der Waals surface area contributed by atoms with Crippen molar-refractivity contribution in [2.24, 2.45) is 0 Å². The van der Waals surface area contributed by atoms with E-state index >= 15 is 0 Å². The molecule has 0 aliphatic carbocycles. The molecule has 0 saturated heterocycles. The highest BCUT2D eigenvalue weighted by molar-refractivity contribution is 9.10. The Hall–Kier alpha value is -2.27. The van der Waals surface area contributed by atoms with Crippen LogP contribution in [0.15, 0.2) is 65.3 Å². The van der Waals surface area contributed by atoms with E-state index < -0.39 is 0 Å². The number of rotatable bonds is 3. The molecule has 5 heteroatoms. The normalized spacial score (nSPS) is 10.4. The minimum Gasteiger partial charge on any atom is -0.287 e. The van der Waals surface area contributed by atoms with Gasteiger partial charge in [-0.25, -0.2) is 4.68 Å². The average molecular weight is 328 g/mol. The summed E-state index contributed by atoms with van der Waals surface area (Å²) >= 11 is 3.35. The number of halogens is 1. The van der Waals surface area contributed by atoms with E-state index in [0.29, 0.717) is 11.3 Å². The summed E-state index contributed by atoms with van der Waals surface area (Å²) in [6.07, 6.45) is 1.48. The van der Waals surface area contributed by atoms with Crippen LogP contribution >= 0.6 is 15.9 Å². The maximum Gasteiger partial charge on any atom is 0.213 e. The molecule has 0 spiro atoms. The molecule has 20 heavy (non-hydrogen) atoms. The Bertz CT molecular complexity index is 735. The summed E-state index contributed by atoms with van der Waals surface area (Å²) < 4.78 is 2.48. The van der Waals surface area contributed by atoms with Crippen LogP contribution in [0, 0.1) is 0 Å². The Morgan fingerprint density at radius 1 is 1.00 bits per heavy atom. The van der Waals surface area contributed by atoms with Crippen LogP contribution in [-0.4, -0.2) is 20.8 Å². The van der Waals surface area contributed by atoms with Crippen LogP contribution in [0.2, 0.25) is 0 Å². The smallest absolute Gasteiger partial charge is 0.213 e. The van der Waals surface area contributed by atoms with E-state index in [9.17, 15) is 4.79 Å². The van der Waals surface area contributed by atoms with E-state index in [1.54, 1.807) is 16.8 Å². The second kappa shape index (κ2) is 5.38. The Kier molecular flexibility index (Phi) is 3.43. The van der Waals surface area contributed by atoms with E-state index in [4.69, 9.17) is 0 Å². The molecule has 1 aromatic heterocycles. The zero-order valence-corrected chi connectivity index (χ0v) is 12.0. The highest BCUT2D eigenvalue weighted by Crippen LogP contribution is 2.16. The largest absolute Gasteiger partial charge is 0.287 e. The van der Waals surface area contributed by atoms with Crippen molar-refractivity contribution < 1.29 is 4.79 Å². The molecule has 0 aliphatic heterocycles. The second-order valence-electron chi connectivity index (χ2n) is 4.20. The minimum atomic E-state index is -0.105. The highest BCUT2D eigenvalue weighted by Gasteiger charge is 2.16. The van der Waals surface area contributed by atoms with Gasteiger partial charge in [0.2, 0.25) is 5.78 Å². The summed E-state index contributed by atoms with van der Waals surface area (Å²) in [5, 5.41) is 7.83. The van der Waals surface area contributed by atoms with Gasteiger partial charge in [-0.3, -0.25) is 4.79 Å². The molecule has 0 fully saturated rings. The number of ketones is 1. The van der Waals surface area contributed by atoms with Crippen molar-refractivity contribution in [3.8, 4) is 5.69 Å². The summed E-state index contributed by atoms with van der Waals surface area (Å²) in [5.41, 5.74) is 1.86. The number of hydrogen-bond donors (Lipinski definition) is 0. The van der Waals surface area contributed by atoms with Crippen molar-refractivity contribution in [3.05, 3.63) is 76.5 Å². The van der Waals surface area contributed by atoms with Crippen molar-refractivity contribution in [2.75, 3.05) is 0 Å². The number of carbonyl (C=O) groups excluding carboxylic acids is 1. The first kappa shape index (κ1) is 12.7. The standard InChI is InChI=1S/C15H10BrN3O/c16-12-8-6-11(7-9-12)15(20)14-10-17-18-19(14)13-4-2-1-3-5-13/h1-10H. The summed E-state index contributed by atoms with van der Waals surface area (Å²) in [7, 11) is 0. The SMILES string of the molecule is O=C(c1ccc(Br)cc1)c1cnnn1-c1ccccc1.